The third-order valence-corrected chi connectivity index (χ3v) is 2.68. The molecule has 15 heavy (non-hydrogen) atoms. The van der Waals surface area contributed by atoms with Gasteiger partial charge in [-0.1, -0.05) is 42.5 Å². The molecule has 1 aromatic carbocycles. The molecule has 0 saturated carbocycles. The Morgan fingerprint density at radius 1 is 1.13 bits per heavy atom. The van der Waals surface area contributed by atoms with Gasteiger partial charge in [0, 0.05) is 12.7 Å². The van der Waals surface area contributed by atoms with E-state index >= 15 is 0 Å². The van der Waals surface area contributed by atoms with E-state index in [0.717, 1.165) is 12.2 Å². The van der Waals surface area contributed by atoms with Gasteiger partial charge in [-0.2, -0.15) is 0 Å². The van der Waals surface area contributed by atoms with Crippen molar-refractivity contribution < 1.29 is 0 Å². The molecule has 0 N–H and O–H groups in total. The second kappa shape index (κ2) is 4.64. The summed E-state index contributed by atoms with van der Waals surface area (Å²) in [5, 5.41) is 0. The maximum Gasteiger partial charge on any atom is 0.0912 e. The molecular formula is C12H11NS2. The summed E-state index contributed by atoms with van der Waals surface area (Å²) in [6.45, 7) is 0.837. The second-order valence-corrected chi connectivity index (χ2v) is 4.47. The number of hydrogen-bond donors (Lipinski definition) is 1. The van der Waals surface area contributed by atoms with Crippen molar-refractivity contribution in [2.75, 3.05) is 0 Å². The van der Waals surface area contributed by atoms with E-state index in [1.54, 1.807) is 0 Å². The molecule has 1 aromatic heterocycles. The van der Waals surface area contributed by atoms with Gasteiger partial charge in [-0.3, -0.25) is 0 Å². The zero-order chi connectivity index (χ0) is 10.7. The lowest BCUT2D eigenvalue weighted by Crippen LogP contribution is -2.04. The Bertz CT molecular complexity index is 459. The number of hydrogen-bond acceptors (Lipinski definition) is 1. The first-order valence-corrected chi connectivity index (χ1v) is 5.55. The Morgan fingerprint density at radius 3 is 2.53 bits per heavy atom. The third-order valence-electron chi connectivity index (χ3n) is 2.24. The molecule has 2 rings (SSSR count). The zero-order valence-corrected chi connectivity index (χ0v) is 9.84. The van der Waals surface area contributed by atoms with Gasteiger partial charge in [-0.05, 0) is 17.7 Å². The van der Waals surface area contributed by atoms with Crippen molar-refractivity contribution in [3.8, 4) is 0 Å². The summed E-state index contributed by atoms with van der Waals surface area (Å²) < 4.78 is 2.74. The molecule has 0 atom stereocenters. The molecule has 0 fully saturated rings. The first kappa shape index (κ1) is 10.5. The van der Waals surface area contributed by atoms with Crippen LogP contribution >= 0.6 is 24.8 Å². The molecular weight excluding hydrogens is 222 g/mol. The van der Waals surface area contributed by atoms with Crippen molar-refractivity contribution in [2.45, 2.75) is 6.54 Å². The lowest BCUT2D eigenvalue weighted by Gasteiger charge is -2.07. The van der Waals surface area contributed by atoms with Crippen LogP contribution in [-0.2, 0) is 6.54 Å². The van der Waals surface area contributed by atoms with E-state index in [2.05, 4.69) is 29.3 Å². The second-order valence-electron chi connectivity index (χ2n) is 3.31. The smallest absolute Gasteiger partial charge is 0.0912 e. The van der Waals surface area contributed by atoms with Crippen molar-refractivity contribution in [1.82, 2.24) is 4.57 Å². The van der Waals surface area contributed by atoms with Crippen LogP contribution < -0.4 is 0 Å². The predicted molar refractivity (Wildman–Crippen MR) is 70.7 cm³/mol. The molecule has 0 amide bonds. The Kier molecular flexibility index (Phi) is 3.23. The average Bonchev–Trinajstić information content (AvgIpc) is 2.67. The van der Waals surface area contributed by atoms with Crippen LogP contribution in [0.5, 0.6) is 0 Å². The standard InChI is InChI=1S/C12H11NS2/c14-12(15)11-7-4-8-13(11)9-10-5-2-1-3-6-10/h1-8H,9H2,(H,14,15). The van der Waals surface area contributed by atoms with E-state index in [-0.39, 0.29) is 0 Å². The SMILES string of the molecule is S=C(S)c1cccn1Cc1ccccc1. The predicted octanol–water partition coefficient (Wildman–Crippen LogP) is 3.14. The number of benzene rings is 1. The zero-order valence-electron chi connectivity index (χ0n) is 8.13. The minimum absolute atomic E-state index is 0.635. The van der Waals surface area contributed by atoms with Gasteiger partial charge in [0.15, 0.2) is 0 Å². The van der Waals surface area contributed by atoms with Gasteiger partial charge < -0.3 is 4.57 Å². The van der Waals surface area contributed by atoms with Gasteiger partial charge in [-0.15, -0.1) is 12.6 Å². The molecule has 1 heterocycles. The van der Waals surface area contributed by atoms with Crippen molar-refractivity contribution in [3.05, 3.63) is 59.9 Å². The fourth-order valence-corrected chi connectivity index (χ4v) is 1.91. The fourth-order valence-electron chi connectivity index (χ4n) is 1.53. The number of aromatic nitrogens is 1. The molecule has 2 aromatic rings. The first-order chi connectivity index (χ1) is 7.27. The van der Waals surface area contributed by atoms with Crippen LogP contribution in [0.4, 0.5) is 0 Å². The lowest BCUT2D eigenvalue weighted by molar-refractivity contribution is 0.801. The molecule has 0 radical (unpaired) electrons. The minimum Gasteiger partial charge on any atom is -0.342 e. The van der Waals surface area contributed by atoms with Crippen molar-refractivity contribution in [1.29, 1.82) is 0 Å². The van der Waals surface area contributed by atoms with E-state index in [9.17, 15) is 0 Å². The Labute approximate surface area is 100 Å². The fraction of sp³-hybridized carbons (Fsp3) is 0.0833. The molecule has 0 aliphatic rings. The molecule has 0 aliphatic heterocycles. The first-order valence-electron chi connectivity index (χ1n) is 4.70. The van der Waals surface area contributed by atoms with Gasteiger partial charge in [0.2, 0.25) is 0 Å². The van der Waals surface area contributed by atoms with Gasteiger partial charge >= 0.3 is 0 Å². The molecule has 0 saturated heterocycles. The molecule has 0 spiro atoms. The maximum atomic E-state index is 5.06. The third kappa shape index (κ3) is 2.49. The lowest BCUT2D eigenvalue weighted by atomic mass is 10.2. The van der Waals surface area contributed by atoms with Gasteiger partial charge in [0.1, 0.15) is 0 Å². The van der Waals surface area contributed by atoms with E-state index in [1.807, 2.05) is 36.5 Å². The minimum atomic E-state index is 0.635. The topological polar surface area (TPSA) is 4.93 Å². The van der Waals surface area contributed by atoms with E-state index in [0.29, 0.717) is 4.20 Å². The van der Waals surface area contributed by atoms with E-state index in [4.69, 9.17) is 12.2 Å². The number of thiocarbonyl (C=S) groups is 1. The molecule has 0 unspecified atom stereocenters. The van der Waals surface area contributed by atoms with Crippen LogP contribution in [0.2, 0.25) is 0 Å². The van der Waals surface area contributed by atoms with Crippen molar-refractivity contribution in [3.63, 3.8) is 0 Å². The highest BCUT2D eigenvalue weighted by atomic mass is 32.1. The highest BCUT2D eigenvalue weighted by Crippen LogP contribution is 2.10. The molecule has 3 heteroatoms. The number of thiol groups is 1. The largest absolute Gasteiger partial charge is 0.342 e. The van der Waals surface area contributed by atoms with Crippen LogP contribution in [-0.4, -0.2) is 8.76 Å². The normalized spacial score (nSPS) is 10.2. The summed E-state index contributed by atoms with van der Waals surface area (Å²) in [7, 11) is 0. The number of nitrogens with zero attached hydrogens (tertiary/aromatic N) is 1. The molecule has 1 nitrogen and oxygen atoms in total. The Hall–Kier alpha value is -1.06. The summed E-state index contributed by atoms with van der Waals surface area (Å²) in [5.74, 6) is 0. The highest BCUT2D eigenvalue weighted by Gasteiger charge is 2.03. The van der Waals surface area contributed by atoms with Crippen LogP contribution in [0.3, 0.4) is 0 Å². The number of rotatable bonds is 3. The van der Waals surface area contributed by atoms with Gasteiger partial charge in [0.05, 0.1) is 9.89 Å². The summed E-state index contributed by atoms with van der Waals surface area (Å²) in [6.07, 6.45) is 2.02. The Balaban J connectivity index is 2.25. The quantitative estimate of drug-likeness (QED) is 0.630. The van der Waals surface area contributed by atoms with E-state index in [1.165, 1.54) is 5.56 Å². The van der Waals surface area contributed by atoms with Crippen LogP contribution in [0.15, 0.2) is 48.7 Å². The summed E-state index contributed by atoms with van der Waals surface area (Å²) in [6, 6.07) is 14.3. The summed E-state index contributed by atoms with van der Waals surface area (Å²) >= 11 is 9.26. The summed E-state index contributed by atoms with van der Waals surface area (Å²) in [4.78, 5) is 0. The molecule has 0 aliphatic carbocycles. The average molecular weight is 233 g/mol. The van der Waals surface area contributed by atoms with Crippen LogP contribution in [0, 0.1) is 0 Å². The molecule has 76 valence electrons. The maximum absolute atomic E-state index is 5.06. The van der Waals surface area contributed by atoms with Gasteiger partial charge in [0.25, 0.3) is 0 Å². The van der Waals surface area contributed by atoms with E-state index < -0.39 is 0 Å². The Morgan fingerprint density at radius 2 is 1.87 bits per heavy atom. The van der Waals surface area contributed by atoms with Gasteiger partial charge in [-0.25, -0.2) is 0 Å². The molecule has 0 bridgehead atoms. The van der Waals surface area contributed by atoms with Crippen LogP contribution in [0.1, 0.15) is 11.3 Å². The monoisotopic (exact) mass is 233 g/mol. The highest BCUT2D eigenvalue weighted by molar-refractivity contribution is 8.11. The van der Waals surface area contributed by atoms with Crippen LogP contribution in [0.25, 0.3) is 0 Å². The van der Waals surface area contributed by atoms with Crippen molar-refractivity contribution >= 4 is 29.0 Å². The summed E-state index contributed by atoms with van der Waals surface area (Å²) in [5.41, 5.74) is 2.26. The van der Waals surface area contributed by atoms with Crippen molar-refractivity contribution in [2.24, 2.45) is 0 Å².